The van der Waals surface area contributed by atoms with Crippen LogP contribution in [0.5, 0.6) is 5.75 Å². The summed E-state index contributed by atoms with van der Waals surface area (Å²) in [4.78, 5) is 8.20. The third-order valence-corrected chi connectivity index (χ3v) is 2.99. The maximum Gasteiger partial charge on any atom is 0.246 e. The maximum absolute atomic E-state index is 9.60. The fourth-order valence-electron chi connectivity index (χ4n) is 1.15. The summed E-state index contributed by atoms with van der Waals surface area (Å²) >= 11 is 4.76. The molecule has 0 bridgehead atoms. The molecule has 2 N–H and O–H groups in total. The predicted molar refractivity (Wildman–Crippen MR) is 71.2 cm³/mol. The summed E-state index contributed by atoms with van der Waals surface area (Å²) in [6.45, 7) is 0. The number of thioether (sulfide) groups is 1. The Labute approximate surface area is 111 Å². The minimum Gasteiger partial charge on any atom is -0.507 e. The molecule has 0 aliphatic carbocycles. The molecule has 1 aromatic heterocycles. The Kier molecular flexibility index (Phi) is 3.80. The lowest BCUT2D eigenvalue weighted by Crippen LogP contribution is -1.82. The number of halogens is 1. The second kappa shape index (κ2) is 5.33. The molecule has 1 aromatic carbocycles. The Balaban J connectivity index is 2.22. The van der Waals surface area contributed by atoms with Gasteiger partial charge in [-0.05, 0) is 24.5 Å². The molecule has 0 unspecified atom stereocenters. The molecule has 17 heavy (non-hydrogen) atoms. The van der Waals surface area contributed by atoms with Gasteiger partial charge < -0.3 is 5.11 Å². The van der Waals surface area contributed by atoms with Crippen molar-refractivity contribution in [2.24, 2.45) is 4.99 Å². The molecular weight excluding hydrogens is 304 g/mol. The zero-order chi connectivity index (χ0) is 12.3. The first kappa shape index (κ1) is 12.1. The fourth-order valence-corrected chi connectivity index (χ4v) is 1.84. The lowest BCUT2D eigenvalue weighted by molar-refractivity contribution is 0.474. The van der Waals surface area contributed by atoms with Crippen LogP contribution in [0, 0.1) is 0 Å². The number of phenolic OH excluding ortho intramolecular Hbond substituents is 1. The maximum atomic E-state index is 9.60. The third-order valence-electron chi connectivity index (χ3n) is 1.95. The van der Waals surface area contributed by atoms with Crippen molar-refractivity contribution in [2.75, 3.05) is 6.26 Å². The number of phenols is 1. The van der Waals surface area contributed by atoms with Crippen molar-refractivity contribution in [3.8, 4) is 5.75 Å². The first-order chi connectivity index (χ1) is 8.19. The van der Waals surface area contributed by atoms with E-state index in [0.29, 0.717) is 16.7 Å². The molecule has 0 atom stereocenters. The minimum atomic E-state index is 0.168. The average Bonchev–Trinajstić information content (AvgIpc) is 2.78. The van der Waals surface area contributed by atoms with Gasteiger partial charge in [-0.1, -0.05) is 27.7 Å². The third kappa shape index (κ3) is 3.07. The second-order valence-electron chi connectivity index (χ2n) is 3.11. The van der Waals surface area contributed by atoms with Gasteiger partial charge in [0.05, 0.1) is 0 Å². The molecule has 0 amide bonds. The van der Waals surface area contributed by atoms with Gasteiger partial charge in [-0.15, -0.1) is 5.10 Å². The van der Waals surface area contributed by atoms with Gasteiger partial charge >= 0.3 is 0 Å². The molecule has 0 radical (unpaired) electrons. The van der Waals surface area contributed by atoms with Crippen LogP contribution in [0.25, 0.3) is 0 Å². The lowest BCUT2D eigenvalue weighted by Gasteiger charge is -1.97. The Hall–Kier alpha value is -1.34. The summed E-state index contributed by atoms with van der Waals surface area (Å²) in [5.74, 6) is 0.579. The first-order valence-corrected chi connectivity index (χ1v) is 6.70. The molecule has 0 aliphatic rings. The zero-order valence-corrected chi connectivity index (χ0v) is 11.3. The largest absolute Gasteiger partial charge is 0.507 e. The van der Waals surface area contributed by atoms with Gasteiger partial charge in [-0.2, -0.15) is 4.98 Å². The van der Waals surface area contributed by atoms with Crippen molar-refractivity contribution >= 4 is 39.9 Å². The predicted octanol–water partition coefficient (Wildman–Crippen LogP) is 2.75. The van der Waals surface area contributed by atoms with E-state index in [1.54, 1.807) is 18.2 Å². The van der Waals surface area contributed by atoms with Crippen molar-refractivity contribution in [2.45, 2.75) is 5.16 Å². The summed E-state index contributed by atoms with van der Waals surface area (Å²) in [6, 6.07) is 5.12. The number of nitrogens with zero attached hydrogens (tertiary/aromatic N) is 3. The van der Waals surface area contributed by atoms with E-state index in [2.05, 4.69) is 36.1 Å². The molecule has 2 aromatic rings. The Morgan fingerprint density at radius 3 is 3.06 bits per heavy atom. The number of hydrogen-bond acceptors (Lipinski definition) is 5. The van der Waals surface area contributed by atoms with E-state index in [9.17, 15) is 5.11 Å². The van der Waals surface area contributed by atoms with Crippen LogP contribution < -0.4 is 0 Å². The van der Waals surface area contributed by atoms with Gasteiger partial charge in [0.25, 0.3) is 0 Å². The van der Waals surface area contributed by atoms with Crippen LogP contribution in [0.3, 0.4) is 0 Å². The van der Waals surface area contributed by atoms with Crippen LogP contribution in [0.1, 0.15) is 5.56 Å². The van der Waals surface area contributed by atoms with Gasteiger partial charge in [0.2, 0.25) is 11.1 Å². The lowest BCUT2D eigenvalue weighted by atomic mass is 10.2. The first-order valence-electron chi connectivity index (χ1n) is 4.68. The topological polar surface area (TPSA) is 74.2 Å². The fraction of sp³-hybridized carbons (Fsp3) is 0.100. The molecule has 7 heteroatoms. The monoisotopic (exact) mass is 312 g/mol. The van der Waals surface area contributed by atoms with Gasteiger partial charge in [-0.3, -0.25) is 0 Å². The van der Waals surface area contributed by atoms with Crippen molar-refractivity contribution < 1.29 is 5.11 Å². The van der Waals surface area contributed by atoms with Gasteiger partial charge in [0, 0.05) is 16.3 Å². The quantitative estimate of drug-likeness (QED) is 0.675. The van der Waals surface area contributed by atoms with E-state index >= 15 is 0 Å². The van der Waals surface area contributed by atoms with Gasteiger partial charge in [-0.25, -0.2) is 10.1 Å². The summed E-state index contributed by atoms with van der Waals surface area (Å²) in [5, 5.41) is 16.9. The van der Waals surface area contributed by atoms with E-state index in [1.165, 1.54) is 18.0 Å². The highest BCUT2D eigenvalue weighted by Gasteiger charge is 2.01. The van der Waals surface area contributed by atoms with E-state index in [0.717, 1.165) is 4.47 Å². The van der Waals surface area contributed by atoms with Crippen molar-refractivity contribution in [1.82, 2.24) is 15.2 Å². The summed E-state index contributed by atoms with van der Waals surface area (Å²) < 4.78 is 0.874. The second-order valence-corrected chi connectivity index (χ2v) is 4.80. The SMILES string of the molecule is CSc1n[nH]c(/N=C/c2cc(Br)ccc2O)n1. The van der Waals surface area contributed by atoms with Crippen molar-refractivity contribution in [3.63, 3.8) is 0 Å². The molecule has 2 rings (SSSR count). The Morgan fingerprint density at radius 1 is 1.53 bits per heavy atom. The number of aromatic amines is 1. The van der Waals surface area contributed by atoms with Crippen LogP contribution in [-0.2, 0) is 0 Å². The van der Waals surface area contributed by atoms with Crippen LogP contribution in [0.2, 0.25) is 0 Å². The normalized spacial score (nSPS) is 11.2. The van der Waals surface area contributed by atoms with E-state index in [1.807, 2.05) is 6.26 Å². The Bertz CT molecular complexity index is 555. The van der Waals surface area contributed by atoms with Crippen LogP contribution in [0.15, 0.2) is 32.8 Å². The van der Waals surface area contributed by atoms with E-state index < -0.39 is 0 Å². The van der Waals surface area contributed by atoms with Crippen molar-refractivity contribution in [3.05, 3.63) is 28.2 Å². The number of nitrogens with one attached hydrogen (secondary N) is 1. The number of benzene rings is 1. The molecule has 0 fully saturated rings. The smallest absolute Gasteiger partial charge is 0.246 e. The van der Waals surface area contributed by atoms with Crippen molar-refractivity contribution in [1.29, 1.82) is 0 Å². The van der Waals surface area contributed by atoms with Crippen LogP contribution >= 0.6 is 27.7 Å². The number of hydrogen-bond donors (Lipinski definition) is 2. The highest BCUT2D eigenvalue weighted by molar-refractivity contribution is 9.10. The standard InChI is InChI=1S/C10H9BrN4OS/c1-17-10-13-9(14-15-10)12-5-6-4-7(11)2-3-8(6)16/h2-5,16H,1H3,(H,13,14,15)/b12-5+. The number of aromatic hydroxyl groups is 1. The highest BCUT2D eigenvalue weighted by Crippen LogP contribution is 2.20. The number of rotatable bonds is 3. The summed E-state index contributed by atoms with van der Waals surface area (Å²) in [5.41, 5.74) is 0.612. The highest BCUT2D eigenvalue weighted by atomic mass is 79.9. The van der Waals surface area contributed by atoms with Gasteiger partial charge in [0.15, 0.2) is 0 Å². The molecule has 5 nitrogen and oxygen atoms in total. The zero-order valence-electron chi connectivity index (χ0n) is 8.88. The average molecular weight is 313 g/mol. The van der Waals surface area contributed by atoms with Crippen LogP contribution in [-0.4, -0.2) is 32.8 Å². The Morgan fingerprint density at radius 2 is 2.35 bits per heavy atom. The number of H-pyrrole nitrogens is 1. The number of aliphatic imine (C=N–C) groups is 1. The molecule has 0 spiro atoms. The van der Waals surface area contributed by atoms with E-state index in [-0.39, 0.29) is 5.75 Å². The summed E-state index contributed by atoms with van der Waals surface area (Å²) in [7, 11) is 0. The minimum absolute atomic E-state index is 0.168. The molecule has 0 saturated carbocycles. The molecule has 1 heterocycles. The molecular formula is C10H9BrN4OS. The van der Waals surface area contributed by atoms with Crippen LogP contribution in [0.4, 0.5) is 5.95 Å². The number of aromatic nitrogens is 3. The van der Waals surface area contributed by atoms with E-state index in [4.69, 9.17) is 0 Å². The van der Waals surface area contributed by atoms with Gasteiger partial charge in [0.1, 0.15) is 5.75 Å². The molecule has 0 saturated heterocycles. The summed E-state index contributed by atoms with van der Waals surface area (Å²) in [6.07, 6.45) is 3.42. The molecule has 88 valence electrons. The molecule has 0 aliphatic heterocycles.